The number of rotatable bonds is 3. The Hall–Kier alpha value is -1.37. The molecule has 0 aliphatic heterocycles. The van der Waals surface area contributed by atoms with Crippen molar-refractivity contribution in [1.82, 2.24) is 0 Å². The molecule has 2 nitrogen and oxygen atoms in total. The fraction of sp³-hybridized carbons (Fsp3) is 0.0769. The second-order valence-electron chi connectivity index (χ2n) is 3.77. The maximum absolute atomic E-state index is 13.1. The van der Waals surface area contributed by atoms with E-state index in [0.29, 0.717) is 5.56 Å². The Morgan fingerprint density at radius 2 is 1.61 bits per heavy atom. The normalized spacial score (nSPS) is 10.4. The molecule has 0 radical (unpaired) electrons. The van der Waals surface area contributed by atoms with Crippen molar-refractivity contribution in [3.05, 3.63) is 57.2 Å². The molecule has 0 atom stereocenters. The minimum atomic E-state index is -0.950. The molecule has 5 heteroatoms. The van der Waals surface area contributed by atoms with Crippen LogP contribution in [0.5, 0.6) is 5.75 Å². The van der Waals surface area contributed by atoms with Gasteiger partial charge in [-0.25, -0.2) is 8.78 Å². The predicted molar refractivity (Wildman–Crippen MR) is 74.5 cm³/mol. The number of phenols is 1. The van der Waals surface area contributed by atoms with Crippen LogP contribution in [0, 0.1) is 15.2 Å². The van der Waals surface area contributed by atoms with Gasteiger partial charge in [-0.3, -0.25) is 0 Å². The molecule has 2 N–H and O–H groups in total. The van der Waals surface area contributed by atoms with Gasteiger partial charge in [-0.15, -0.1) is 0 Å². The Labute approximate surface area is 117 Å². The van der Waals surface area contributed by atoms with E-state index in [1.54, 1.807) is 0 Å². The minimum Gasteiger partial charge on any atom is -0.503 e. The van der Waals surface area contributed by atoms with Gasteiger partial charge in [0.05, 0.1) is 0 Å². The lowest BCUT2D eigenvalue weighted by Crippen LogP contribution is -2.00. The zero-order valence-electron chi connectivity index (χ0n) is 9.25. The lowest BCUT2D eigenvalue weighted by molar-refractivity contribution is 0.395. The van der Waals surface area contributed by atoms with Crippen LogP contribution in [0.3, 0.4) is 0 Å². The predicted octanol–water partition coefficient (Wildman–Crippen LogP) is 3.89. The Bertz CT molecular complexity index is 534. The summed E-state index contributed by atoms with van der Waals surface area (Å²) in [6.07, 6.45) is 0. The van der Waals surface area contributed by atoms with E-state index in [0.717, 1.165) is 21.4 Å². The molecule has 2 aromatic rings. The van der Waals surface area contributed by atoms with E-state index in [9.17, 15) is 8.78 Å². The number of hydrogen-bond acceptors (Lipinski definition) is 2. The van der Waals surface area contributed by atoms with Crippen molar-refractivity contribution in [2.75, 3.05) is 5.32 Å². The maximum atomic E-state index is 13.1. The van der Waals surface area contributed by atoms with Crippen LogP contribution in [0.4, 0.5) is 14.5 Å². The molecule has 0 saturated carbocycles. The standard InChI is InChI=1S/C13H10F2INO/c14-11-5-8(6-12(15)13(11)18)7-17-10-3-1-9(16)2-4-10/h1-6,17-18H,7H2. The van der Waals surface area contributed by atoms with Crippen molar-refractivity contribution in [3.8, 4) is 5.75 Å². The Balaban J connectivity index is 2.08. The van der Waals surface area contributed by atoms with Gasteiger partial charge in [0, 0.05) is 15.8 Å². The molecule has 0 spiro atoms. The molecule has 0 heterocycles. The SMILES string of the molecule is Oc1c(F)cc(CNc2ccc(I)cc2)cc1F. The number of halogens is 3. The summed E-state index contributed by atoms with van der Waals surface area (Å²) >= 11 is 2.19. The summed E-state index contributed by atoms with van der Waals surface area (Å²) < 4.78 is 27.3. The average Bonchev–Trinajstić information content (AvgIpc) is 2.35. The highest BCUT2D eigenvalue weighted by Crippen LogP contribution is 2.22. The van der Waals surface area contributed by atoms with E-state index in [1.165, 1.54) is 0 Å². The van der Waals surface area contributed by atoms with Crippen LogP contribution in [-0.2, 0) is 6.54 Å². The molecule has 0 aliphatic carbocycles. The van der Waals surface area contributed by atoms with Crippen LogP contribution >= 0.6 is 22.6 Å². The molecule has 0 aromatic heterocycles. The van der Waals surface area contributed by atoms with Crippen LogP contribution in [-0.4, -0.2) is 5.11 Å². The molecule has 18 heavy (non-hydrogen) atoms. The number of benzene rings is 2. The smallest absolute Gasteiger partial charge is 0.187 e. The molecule has 2 aromatic carbocycles. The van der Waals surface area contributed by atoms with Gasteiger partial charge in [0.15, 0.2) is 17.4 Å². The molecule has 0 amide bonds. The number of hydrogen-bond donors (Lipinski definition) is 2. The van der Waals surface area contributed by atoms with Gasteiger partial charge >= 0.3 is 0 Å². The third-order valence-electron chi connectivity index (χ3n) is 2.42. The number of anilines is 1. The van der Waals surface area contributed by atoms with Crippen molar-refractivity contribution >= 4 is 28.3 Å². The lowest BCUT2D eigenvalue weighted by Gasteiger charge is -2.07. The van der Waals surface area contributed by atoms with Gasteiger partial charge < -0.3 is 10.4 Å². The van der Waals surface area contributed by atoms with Gasteiger partial charge in [-0.1, -0.05) is 0 Å². The van der Waals surface area contributed by atoms with E-state index >= 15 is 0 Å². The third kappa shape index (κ3) is 3.10. The first-order valence-corrected chi connectivity index (χ1v) is 6.30. The second kappa shape index (κ2) is 5.51. The summed E-state index contributed by atoms with van der Waals surface area (Å²) in [5, 5.41) is 12.0. The maximum Gasteiger partial charge on any atom is 0.187 e. The summed E-state index contributed by atoms with van der Waals surface area (Å²) in [6.45, 7) is 0.286. The molecule has 0 fully saturated rings. The Morgan fingerprint density at radius 1 is 1.06 bits per heavy atom. The first kappa shape index (κ1) is 13.1. The van der Waals surface area contributed by atoms with Crippen molar-refractivity contribution in [3.63, 3.8) is 0 Å². The van der Waals surface area contributed by atoms with Crippen LogP contribution < -0.4 is 5.32 Å². The topological polar surface area (TPSA) is 32.3 Å². The van der Waals surface area contributed by atoms with Gasteiger partial charge in [0.2, 0.25) is 0 Å². The quantitative estimate of drug-likeness (QED) is 0.814. The first-order valence-electron chi connectivity index (χ1n) is 5.22. The summed E-state index contributed by atoms with van der Waals surface area (Å²) in [5.74, 6) is -2.84. The van der Waals surface area contributed by atoms with Gasteiger partial charge in [0.1, 0.15) is 0 Å². The zero-order chi connectivity index (χ0) is 13.1. The van der Waals surface area contributed by atoms with Crippen molar-refractivity contribution in [2.24, 2.45) is 0 Å². The lowest BCUT2D eigenvalue weighted by atomic mass is 10.2. The third-order valence-corrected chi connectivity index (χ3v) is 3.14. The highest BCUT2D eigenvalue weighted by atomic mass is 127. The van der Waals surface area contributed by atoms with E-state index in [-0.39, 0.29) is 6.54 Å². The largest absolute Gasteiger partial charge is 0.503 e. The highest BCUT2D eigenvalue weighted by Gasteiger charge is 2.09. The summed E-state index contributed by atoms with van der Waals surface area (Å²) in [6, 6.07) is 9.85. The fourth-order valence-electron chi connectivity index (χ4n) is 1.49. The molecular formula is C13H10F2INO. The van der Waals surface area contributed by atoms with Gasteiger partial charge in [-0.05, 0) is 64.6 Å². The second-order valence-corrected chi connectivity index (χ2v) is 5.01. The molecule has 0 bridgehead atoms. The number of phenolic OH excluding ortho intramolecular Hbond substituents is 1. The molecular weight excluding hydrogens is 351 g/mol. The van der Waals surface area contributed by atoms with Crippen molar-refractivity contribution in [2.45, 2.75) is 6.54 Å². The summed E-state index contributed by atoms with van der Waals surface area (Å²) in [4.78, 5) is 0. The number of nitrogens with one attached hydrogen (secondary N) is 1. The summed E-state index contributed by atoms with van der Waals surface area (Å²) in [5.41, 5.74) is 1.30. The van der Waals surface area contributed by atoms with Crippen LogP contribution in [0.25, 0.3) is 0 Å². The summed E-state index contributed by atoms with van der Waals surface area (Å²) in [7, 11) is 0. The van der Waals surface area contributed by atoms with Crippen molar-refractivity contribution < 1.29 is 13.9 Å². The monoisotopic (exact) mass is 361 g/mol. The fourth-order valence-corrected chi connectivity index (χ4v) is 1.85. The van der Waals surface area contributed by atoms with Crippen LogP contribution in [0.1, 0.15) is 5.56 Å². The van der Waals surface area contributed by atoms with Crippen LogP contribution in [0.15, 0.2) is 36.4 Å². The van der Waals surface area contributed by atoms with E-state index < -0.39 is 17.4 Å². The van der Waals surface area contributed by atoms with Gasteiger partial charge in [0.25, 0.3) is 0 Å². The van der Waals surface area contributed by atoms with Gasteiger partial charge in [-0.2, -0.15) is 0 Å². The van der Waals surface area contributed by atoms with E-state index in [4.69, 9.17) is 5.11 Å². The zero-order valence-corrected chi connectivity index (χ0v) is 11.4. The first-order chi connectivity index (χ1) is 8.56. The Kier molecular flexibility index (Phi) is 4.00. The van der Waals surface area contributed by atoms with Crippen LogP contribution in [0.2, 0.25) is 0 Å². The number of aromatic hydroxyl groups is 1. The van der Waals surface area contributed by atoms with E-state index in [1.807, 2.05) is 24.3 Å². The molecule has 0 saturated heterocycles. The average molecular weight is 361 g/mol. The minimum absolute atomic E-state index is 0.286. The van der Waals surface area contributed by atoms with Crippen molar-refractivity contribution in [1.29, 1.82) is 0 Å². The Morgan fingerprint density at radius 3 is 2.17 bits per heavy atom. The molecule has 0 aliphatic rings. The molecule has 0 unspecified atom stereocenters. The highest BCUT2D eigenvalue weighted by molar-refractivity contribution is 14.1. The molecule has 94 valence electrons. The molecule has 2 rings (SSSR count). The van der Waals surface area contributed by atoms with E-state index in [2.05, 4.69) is 27.9 Å².